The zero-order valence-electron chi connectivity index (χ0n) is 18.2. The van der Waals surface area contributed by atoms with Crippen molar-refractivity contribution in [2.24, 2.45) is 14.1 Å². The third-order valence-electron chi connectivity index (χ3n) is 5.13. The molecule has 0 saturated heterocycles. The number of nitrogens with zero attached hydrogens (tertiary/aromatic N) is 4. The molecule has 2 aromatic carbocycles. The summed E-state index contributed by atoms with van der Waals surface area (Å²) < 4.78 is 3.62. The first-order valence-electron chi connectivity index (χ1n) is 10.0. The molecule has 2 aromatic heterocycles. The van der Waals surface area contributed by atoms with E-state index in [0.29, 0.717) is 21.7 Å². The van der Waals surface area contributed by atoms with Crippen molar-refractivity contribution in [3.05, 3.63) is 91.4 Å². The largest absolute Gasteiger partial charge is 0.332 e. The number of carbonyl (C=O) groups excluding carboxylic acids is 1. The number of fused-ring (bicyclic) bond motifs is 1. The highest BCUT2D eigenvalue weighted by atomic mass is 32.2. The second kappa shape index (κ2) is 8.91. The Morgan fingerprint density at radius 2 is 1.76 bits per heavy atom. The van der Waals surface area contributed by atoms with Crippen LogP contribution in [0.15, 0.2) is 74.1 Å². The number of carbonyl (C=O) groups is 1. The minimum atomic E-state index is -0.546. The van der Waals surface area contributed by atoms with Gasteiger partial charge in [0.2, 0.25) is 5.91 Å². The van der Waals surface area contributed by atoms with Crippen LogP contribution in [-0.4, -0.2) is 30.3 Å². The molecule has 9 nitrogen and oxygen atoms in total. The van der Waals surface area contributed by atoms with Crippen LogP contribution in [0, 0.1) is 6.92 Å². The quantitative estimate of drug-likeness (QED) is 0.357. The topological polar surface area (TPSA) is 108 Å². The first-order valence-corrected chi connectivity index (χ1v) is 11.0. The molecular weight excluding hydrogens is 442 g/mol. The van der Waals surface area contributed by atoms with Crippen LogP contribution in [0.5, 0.6) is 0 Å². The number of aryl methyl sites for hydroxylation is 1. The summed E-state index contributed by atoms with van der Waals surface area (Å²) in [6, 6.07) is 15.7. The molecule has 0 atom stereocenters. The Hall–Kier alpha value is -3.92. The van der Waals surface area contributed by atoms with Crippen LogP contribution in [-0.2, 0) is 18.9 Å². The van der Waals surface area contributed by atoms with Gasteiger partial charge in [0, 0.05) is 20.2 Å². The molecule has 0 fully saturated rings. The molecule has 168 valence electrons. The van der Waals surface area contributed by atoms with Crippen molar-refractivity contribution in [2.75, 3.05) is 11.1 Å². The summed E-state index contributed by atoms with van der Waals surface area (Å²) in [5.41, 5.74) is 0.856. The van der Waals surface area contributed by atoms with Crippen molar-refractivity contribution in [1.82, 2.24) is 18.7 Å². The fourth-order valence-electron chi connectivity index (χ4n) is 3.37. The van der Waals surface area contributed by atoms with Crippen molar-refractivity contribution in [3.8, 4) is 5.69 Å². The fourth-order valence-corrected chi connectivity index (χ4v) is 4.18. The van der Waals surface area contributed by atoms with E-state index in [2.05, 4.69) is 10.3 Å². The molecule has 0 unspecified atom stereocenters. The molecule has 33 heavy (non-hydrogen) atoms. The zero-order valence-corrected chi connectivity index (χ0v) is 19.0. The molecule has 2 heterocycles. The predicted octanol–water partition coefficient (Wildman–Crippen LogP) is 1.82. The van der Waals surface area contributed by atoms with Gasteiger partial charge in [0.05, 0.1) is 22.3 Å². The highest BCUT2D eigenvalue weighted by molar-refractivity contribution is 7.99. The summed E-state index contributed by atoms with van der Waals surface area (Å²) in [6.07, 6.45) is 0. The second-order valence-corrected chi connectivity index (χ2v) is 8.44. The van der Waals surface area contributed by atoms with Crippen molar-refractivity contribution >= 4 is 34.4 Å². The number of aromatic nitrogens is 4. The summed E-state index contributed by atoms with van der Waals surface area (Å²) in [5, 5.41) is 3.42. The van der Waals surface area contributed by atoms with Crippen molar-refractivity contribution < 1.29 is 4.79 Å². The van der Waals surface area contributed by atoms with Gasteiger partial charge in [0.1, 0.15) is 5.82 Å². The van der Waals surface area contributed by atoms with Crippen LogP contribution in [0.1, 0.15) is 5.56 Å². The molecule has 0 saturated carbocycles. The van der Waals surface area contributed by atoms with Gasteiger partial charge in [0.15, 0.2) is 5.16 Å². The molecule has 0 bridgehead atoms. The molecule has 1 amide bonds. The summed E-state index contributed by atoms with van der Waals surface area (Å²) in [6.45, 7) is 1.93. The van der Waals surface area contributed by atoms with E-state index in [1.54, 1.807) is 24.3 Å². The average molecular weight is 464 g/mol. The maximum Gasteiger partial charge on any atom is 0.332 e. The third kappa shape index (κ3) is 4.37. The predicted molar refractivity (Wildman–Crippen MR) is 128 cm³/mol. The fraction of sp³-hybridized carbons (Fsp3) is 0.174. The van der Waals surface area contributed by atoms with Gasteiger partial charge in [-0.3, -0.25) is 28.1 Å². The van der Waals surface area contributed by atoms with Crippen LogP contribution in [0.25, 0.3) is 16.6 Å². The van der Waals surface area contributed by atoms with Gasteiger partial charge in [0.25, 0.3) is 11.1 Å². The number of hydrogen-bond donors (Lipinski definition) is 1. The van der Waals surface area contributed by atoms with E-state index in [0.717, 1.165) is 21.9 Å². The number of nitrogens with one attached hydrogen (secondary N) is 1. The molecule has 4 aromatic rings. The first-order chi connectivity index (χ1) is 15.8. The monoisotopic (exact) mass is 463 g/mol. The molecular formula is C23H21N5O4S. The lowest BCUT2D eigenvalue weighted by atomic mass is 10.2. The normalized spacial score (nSPS) is 11.0. The maximum atomic E-state index is 13.3. The van der Waals surface area contributed by atoms with E-state index < -0.39 is 17.2 Å². The summed E-state index contributed by atoms with van der Waals surface area (Å²) >= 11 is 1.09. The summed E-state index contributed by atoms with van der Waals surface area (Å²) in [7, 11) is 2.83. The number of para-hydroxylation sites is 1. The zero-order chi connectivity index (χ0) is 23.7. The summed E-state index contributed by atoms with van der Waals surface area (Å²) in [4.78, 5) is 54.5. The Morgan fingerprint density at radius 1 is 1.00 bits per heavy atom. The van der Waals surface area contributed by atoms with Gasteiger partial charge in [-0.2, -0.15) is 0 Å². The Bertz CT molecular complexity index is 1570. The van der Waals surface area contributed by atoms with Gasteiger partial charge >= 0.3 is 5.69 Å². The molecule has 0 radical (unpaired) electrons. The number of rotatable bonds is 5. The Labute approximate surface area is 192 Å². The van der Waals surface area contributed by atoms with Crippen molar-refractivity contribution in [1.29, 1.82) is 0 Å². The Balaban J connectivity index is 1.68. The highest BCUT2D eigenvalue weighted by Crippen LogP contribution is 2.22. The lowest BCUT2D eigenvalue weighted by Crippen LogP contribution is -2.38. The Kier molecular flexibility index (Phi) is 6.01. The number of anilines is 1. The molecule has 1 N–H and O–H groups in total. The van der Waals surface area contributed by atoms with Gasteiger partial charge in [-0.25, -0.2) is 9.78 Å². The van der Waals surface area contributed by atoms with Crippen LogP contribution in [0.4, 0.5) is 5.82 Å². The van der Waals surface area contributed by atoms with Crippen LogP contribution < -0.4 is 22.1 Å². The number of amides is 1. The van der Waals surface area contributed by atoms with Gasteiger partial charge < -0.3 is 5.32 Å². The number of hydrogen-bond acceptors (Lipinski definition) is 6. The number of thioether (sulfide) groups is 1. The molecule has 4 rings (SSSR count). The third-order valence-corrected chi connectivity index (χ3v) is 6.07. The number of benzene rings is 2. The molecule has 0 aliphatic carbocycles. The van der Waals surface area contributed by atoms with Gasteiger partial charge in [-0.1, -0.05) is 36.0 Å². The van der Waals surface area contributed by atoms with Crippen LogP contribution >= 0.6 is 11.8 Å². The van der Waals surface area contributed by atoms with E-state index in [9.17, 15) is 19.2 Å². The van der Waals surface area contributed by atoms with E-state index in [-0.39, 0.29) is 17.1 Å². The Morgan fingerprint density at radius 3 is 2.52 bits per heavy atom. The first kappa shape index (κ1) is 22.3. The van der Waals surface area contributed by atoms with E-state index in [1.807, 2.05) is 31.2 Å². The van der Waals surface area contributed by atoms with Crippen molar-refractivity contribution in [3.63, 3.8) is 0 Å². The molecule has 10 heteroatoms. The lowest BCUT2D eigenvalue weighted by molar-refractivity contribution is -0.113. The summed E-state index contributed by atoms with van der Waals surface area (Å²) in [5.74, 6) is -0.433. The standard InChI is InChI=1S/C23H21N5O4S/c1-14-7-6-8-15(11-14)28-21(31)16-9-4-5-10-17(16)24-22(28)33-13-19(29)25-18-12-20(30)27(3)23(32)26(18)2/h4-12H,13H2,1-3H3,(H,25,29). The SMILES string of the molecule is Cc1cccc(-n2c(SCC(=O)Nc3cc(=O)n(C)c(=O)n3C)nc3ccccc3c2=O)c1. The minimum absolute atomic E-state index is 0.0833. The minimum Gasteiger partial charge on any atom is -0.311 e. The maximum absolute atomic E-state index is 13.3. The van der Waals surface area contributed by atoms with Gasteiger partial charge in [-0.15, -0.1) is 0 Å². The smallest absolute Gasteiger partial charge is 0.311 e. The lowest BCUT2D eigenvalue weighted by Gasteiger charge is -2.14. The van der Waals surface area contributed by atoms with Crippen LogP contribution in [0.2, 0.25) is 0 Å². The molecule has 0 aliphatic heterocycles. The molecule has 0 spiro atoms. The average Bonchev–Trinajstić information content (AvgIpc) is 2.80. The second-order valence-electron chi connectivity index (χ2n) is 7.50. The van der Waals surface area contributed by atoms with E-state index in [4.69, 9.17) is 0 Å². The van der Waals surface area contributed by atoms with E-state index >= 15 is 0 Å². The molecule has 0 aliphatic rings. The highest BCUT2D eigenvalue weighted by Gasteiger charge is 2.16. The van der Waals surface area contributed by atoms with E-state index in [1.165, 1.54) is 29.3 Å². The van der Waals surface area contributed by atoms with Crippen LogP contribution in [0.3, 0.4) is 0 Å². The van der Waals surface area contributed by atoms with Gasteiger partial charge in [-0.05, 0) is 36.8 Å². The van der Waals surface area contributed by atoms with Crippen molar-refractivity contribution in [2.45, 2.75) is 12.1 Å².